The Morgan fingerprint density at radius 3 is 2.16 bits per heavy atom. The van der Waals surface area contributed by atoms with Crippen LogP contribution in [0.4, 0.5) is 0 Å². The predicted molar refractivity (Wildman–Crippen MR) is 105 cm³/mol. The number of nitrogens with one attached hydrogen (secondary N) is 2. The zero-order valence-electron chi connectivity index (χ0n) is 15.8. The molecule has 0 aliphatic heterocycles. The second-order valence-electron chi connectivity index (χ2n) is 6.88. The topological polar surface area (TPSA) is 53.6 Å². The highest BCUT2D eigenvalue weighted by Crippen LogP contribution is 2.11. The third kappa shape index (κ3) is 8.30. The average Bonchev–Trinajstić information content (AvgIpc) is 3.07. The molecule has 1 aromatic heterocycles. The molecule has 0 fully saturated rings. The number of rotatable bonds is 14. The zero-order valence-corrected chi connectivity index (χ0v) is 15.8. The third-order valence-corrected chi connectivity index (χ3v) is 4.67. The molecule has 2 N–H and O–H groups in total. The minimum Gasteiger partial charge on any atom is -0.311 e. The van der Waals surface area contributed by atoms with Gasteiger partial charge in [-0.25, -0.2) is 0 Å². The fourth-order valence-corrected chi connectivity index (χ4v) is 3.11. The summed E-state index contributed by atoms with van der Waals surface area (Å²) in [6, 6.07) is 10.4. The molecule has 2 rings (SSSR count). The first-order chi connectivity index (χ1) is 12.4. The fourth-order valence-electron chi connectivity index (χ4n) is 3.11. The van der Waals surface area contributed by atoms with E-state index in [9.17, 15) is 0 Å². The molecule has 0 atom stereocenters. The Kier molecular flexibility index (Phi) is 9.94. The number of hydrogen-bond acceptors (Lipinski definition) is 3. The van der Waals surface area contributed by atoms with Gasteiger partial charge < -0.3 is 5.32 Å². The first kappa shape index (κ1) is 19.6. The van der Waals surface area contributed by atoms with Crippen LogP contribution in [0.2, 0.25) is 0 Å². The van der Waals surface area contributed by atoms with Crippen molar-refractivity contribution in [3.63, 3.8) is 0 Å². The van der Waals surface area contributed by atoms with Crippen LogP contribution in [0.1, 0.15) is 81.7 Å². The van der Waals surface area contributed by atoms with Gasteiger partial charge in [-0.15, -0.1) is 0 Å². The molecule has 0 spiro atoms. The van der Waals surface area contributed by atoms with Gasteiger partial charge in [-0.1, -0.05) is 88.6 Å². The minimum absolute atomic E-state index is 0.801. The molecular weight excluding hydrogens is 308 g/mol. The molecule has 1 aromatic carbocycles. The summed E-state index contributed by atoms with van der Waals surface area (Å²) in [6.45, 7) is 4.14. The van der Waals surface area contributed by atoms with Crippen molar-refractivity contribution in [3.05, 3.63) is 47.3 Å². The quantitative estimate of drug-likeness (QED) is 0.474. The summed E-state index contributed by atoms with van der Waals surface area (Å²) in [7, 11) is 0. The van der Waals surface area contributed by atoms with Gasteiger partial charge in [-0.05, 0) is 18.5 Å². The lowest BCUT2D eigenvalue weighted by atomic mass is 10.1. The van der Waals surface area contributed by atoms with Crippen LogP contribution in [0.5, 0.6) is 0 Å². The Bertz CT molecular complexity index is 550. The van der Waals surface area contributed by atoms with Crippen molar-refractivity contribution < 1.29 is 0 Å². The van der Waals surface area contributed by atoms with Gasteiger partial charge in [0.1, 0.15) is 0 Å². The zero-order chi connectivity index (χ0) is 17.6. The van der Waals surface area contributed by atoms with E-state index in [1.54, 1.807) is 0 Å². The van der Waals surface area contributed by atoms with Gasteiger partial charge >= 0.3 is 0 Å². The number of aromatic amines is 1. The van der Waals surface area contributed by atoms with Gasteiger partial charge in [0.05, 0.1) is 11.4 Å². The van der Waals surface area contributed by atoms with Crippen molar-refractivity contribution in [2.24, 2.45) is 0 Å². The van der Waals surface area contributed by atoms with Gasteiger partial charge in [0.25, 0.3) is 0 Å². The molecule has 0 aliphatic carbocycles. The Morgan fingerprint density at radius 1 is 0.800 bits per heavy atom. The van der Waals surface area contributed by atoms with E-state index in [4.69, 9.17) is 0 Å². The summed E-state index contributed by atoms with van der Waals surface area (Å²) < 4.78 is 0. The molecule has 138 valence electrons. The van der Waals surface area contributed by atoms with Gasteiger partial charge in [0.2, 0.25) is 0 Å². The van der Waals surface area contributed by atoms with Crippen LogP contribution < -0.4 is 5.32 Å². The normalized spacial score (nSPS) is 11.1. The fraction of sp³-hybridized carbons (Fsp3) is 0.619. The number of hydrogen-bond donors (Lipinski definition) is 2. The second kappa shape index (κ2) is 12.6. The summed E-state index contributed by atoms with van der Waals surface area (Å²) in [5, 5.41) is 14.9. The molecule has 0 bridgehead atoms. The summed E-state index contributed by atoms with van der Waals surface area (Å²) in [4.78, 5) is 0. The third-order valence-electron chi connectivity index (χ3n) is 4.67. The van der Waals surface area contributed by atoms with Crippen LogP contribution in [-0.4, -0.2) is 22.0 Å². The van der Waals surface area contributed by atoms with E-state index in [0.717, 1.165) is 30.9 Å². The number of H-pyrrole nitrogens is 1. The number of unbranched alkanes of at least 4 members (excludes halogenated alkanes) is 8. The predicted octanol–water partition coefficient (Wildman–Crippen LogP) is 5.02. The molecule has 1 heterocycles. The SMILES string of the molecule is CCCCCCCCCCCNCc1n[nH]nc1Cc1ccccc1. The maximum absolute atomic E-state index is 4.31. The van der Waals surface area contributed by atoms with Gasteiger partial charge in [-0.2, -0.15) is 15.4 Å². The second-order valence-corrected chi connectivity index (χ2v) is 6.88. The van der Waals surface area contributed by atoms with Crippen molar-refractivity contribution in [2.75, 3.05) is 6.54 Å². The molecule has 25 heavy (non-hydrogen) atoms. The van der Waals surface area contributed by atoms with E-state index in [1.165, 1.54) is 63.4 Å². The van der Waals surface area contributed by atoms with Crippen LogP contribution in [-0.2, 0) is 13.0 Å². The summed E-state index contributed by atoms with van der Waals surface area (Å²) >= 11 is 0. The number of benzene rings is 1. The van der Waals surface area contributed by atoms with Crippen LogP contribution in [0.3, 0.4) is 0 Å². The molecule has 4 heteroatoms. The van der Waals surface area contributed by atoms with E-state index in [-0.39, 0.29) is 0 Å². The monoisotopic (exact) mass is 342 g/mol. The largest absolute Gasteiger partial charge is 0.311 e. The Labute approximate surface area is 152 Å². The molecule has 0 unspecified atom stereocenters. The van der Waals surface area contributed by atoms with Gasteiger partial charge in [0, 0.05) is 13.0 Å². The van der Waals surface area contributed by atoms with Gasteiger partial charge in [0.15, 0.2) is 0 Å². The van der Waals surface area contributed by atoms with Crippen LogP contribution in [0.15, 0.2) is 30.3 Å². The lowest BCUT2D eigenvalue weighted by molar-refractivity contribution is 0.547. The van der Waals surface area contributed by atoms with Crippen molar-refractivity contribution >= 4 is 0 Å². The standard InChI is InChI=1S/C21H34N4/c1-2-3-4-5-6-7-8-9-13-16-22-18-21-20(23-25-24-21)17-19-14-11-10-12-15-19/h10-12,14-15,22H,2-9,13,16-18H2,1H3,(H,23,24,25). The van der Waals surface area contributed by atoms with Crippen molar-refractivity contribution in [2.45, 2.75) is 77.7 Å². The lowest BCUT2D eigenvalue weighted by Gasteiger charge is -2.05. The molecule has 0 saturated carbocycles. The molecule has 0 radical (unpaired) electrons. The Balaban J connectivity index is 1.52. The first-order valence-electron chi connectivity index (χ1n) is 10.0. The lowest BCUT2D eigenvalue weighted by Crippen LogP contribution is -2.16. The van der Waals surface area contributed by atoms with Crippen LogP contribution >= 0.6 is 0 Å². The maximum atomic E-state index is 4.31. The van der Waals surface area contributed by atoms with Crippen LogP contribution in [0.25, 0.3) is 0 Å². The smallest absolute Gasteiger partial charge is 0.0997 e. The maximum Gasteiger partial charge on any atom is 0.0997 e. The summed E-state index contributed by atoms with van der Waals surface area (Å²) in [5.41, 5.74) is 3.36. The van der Waals surface area contributed by atoms with E-state index in [1.807, 2.05) is 6.07 Å². The van der Waals surface area contributed by atoms with Gasteiger partial charge in [-0.3, -0.25) is 0 Å². The molecule has 2 aromatic rings. The van der Waals surface area contributed by atoms with E-state index < -0.39 is 0 Å². The molecule has 4 nitrogen and oxygen atoms in total. The van der Waals surface area contributed by atoms with E-state index in [2.05, 4.69) is 51.9 Å². The number of aromatic nitrogens is 3. The Morgan fingerprint density at radius 2 is 1.44 bits per heavy atom. The number of nitrogens with zero attached hydrogens (tertiary/aromatic N) is 2. The highest BCUT2D eigenvalue weighted by molar-refractivity contribution is 5.23. The van der Waals surface area contributed by atoms with Crippen molar-refractivity contribution in [1.29, 1.82) is 0 Å². The molecule has 0 saturated heterocycles. The highest BCUT2D eigenvalue weighted by Gasteiger charge is 2.08. The summed E-state index contributed by atoms with van der Waals surface area (Å²) in [5.74, 6) is 0. The highest BCUT2D eigenvalue weighted by atomic mass is 15.3. The van der Waals surface area contributed by atoms with E-state index in [0.29, 0.717) is 0 Å². The molecule has 0 aliphatic rings. The Hall–Kier alpha value is -1.68. The van der Waals surface area contributed by atoms with E-state index >= 15 is 0 Å². The minimum atomic E-state index is 0.801. The summed E-state index contributed by atoms with van der Waals surface area (Å²) in [6.07, 6.45) is 13.2. The van der Waals surface area contributed by atoms with Crippen LogP contribution in [0, 0.1) is 0 Å². The molecule has 0 amide bonds. The van der Waals surface area contributed by atoms with Crippen molar-refractivity contribution in [1.82, 2.24) is 20.7 Å². The van der Waals surface area contributed by atoms with Crippen molar-refractivity contribution in [3.8, 4) is 0 Å². The first-order valence-corrected chi connectivity index (χ1v) is 10.0. The average molecular weight is 343 g/mol. The molecular formula is C21H34N4.